The van der Waals surface area contributed by atoms with Crippen molar-refractivity contribution in [1.29, 1.82) is 0 Å². The highest BCUT2D eigenvalue weighted by molar-refractivity contribution is 5.95. The summed E-state index contributed by atoms with van der Waals surface area (Å²) in [4.78, 5) is 12.3. The molecule has 0 aliphatic rings. The Kier molecular flexibility index (Phi) is 6.87. The molecule has 0 aliphatic carbocycles. The van der Waals surface area contributed by atoms with E-state index < -0.39 is 0 Å². The lowest BCUT2D eigenvalue weighted by atomic mass is 10.1. The van der Waals surface area contributed by atoms with Crippen LogP contribution in [-0.2, 0) is 4.79 Å². The summed E-state index contributed by atoms with van der Waals surface area (Å²) in [6.45, 7) is 9.18. The molecule has 2 aromatic rings. The van der Waals surface area contributed by atoms with Crippen LogP contribution in [0.1, 0.15) is 36.5 Å². The van der Waals surface area contributed by atoms with Crippen LogP contribution in [0.15, 0.2) is 36.4 Å². The zero-order chi connectivity index (χ0) is 18.2. The Balaban J connectivity index is 1.97. The van der Waals surface area contributed by atoms with E-state index in [2.05, 4.69) is 50.5 Å². The Morgan fingerprint density at radius 2 is 1.76 bits per heavy atom. The topological polar surface area (TPSA) is 50.4 Å². The number of ether oxygens (including phenoxy) is 1. The first-order valence-corrected chi connectivity index (χ1v) is 8.84. The maximum atomic E-state index is 12.3. The Bertz CT molecular complexity index is 703. The van der Waals surface area contributed by atoms with Crippen molar-refractivity contribution in [3.63, 3.8) is 0 Å². The Morgan fingerprint density at radius 1 is 1.08 bits per heavy atom. The van der Waals surface area contributed by atoms with Crippen molar-refractivity contribution in [3.8, 4) is 5.75 Å². The number of anilines is 2. The second kappa shape index (κ2) is 9.11. The molecule has 4 heteroatoms. The molecule has 2 N–H and O–H groups in total. The number of amides is 1. The van der Waals surface area contributed by atoms with Gasteiger partial charge in [0.15, 0.2) is 0 Å². The maximum absolute atomic E-state index is 12.3. The summed E-state index contributed by atoms with van der Waals surface area (Å²) < 4.78 is 5.76. The first kappa shape index (κ1) is 18.8. The van der Waals surface area contributed by atoms with Gasteiger partial charge in [0.2, 0.25) is 5.91 Å². The lowest BCUT2D eigenvalue weighted by Crippen LogP contribution is -2.22. The molecule has 2 rings (SSSR count). The maximum Gasteiger partial charge on any atom is 0.243 e. The quantitative estimate of drug-likeness (QED) is 0.676. The van der Waals surface area contributed by atoms with Gasteiger partial charge in [0.05, 0.1) is 18.8 Å². The molecule has 0 fully saturated rings. The van der Waals surface area contributed by atoms with Gasteiger partial charge in [0.25, 0.3) is 0 Å². The molecule has 0 saturated carbocycles. The molecule has 0 aromatic heterocycles. The summed E-state index contributed by atoms with van der Waals surface area (Å²) in [7, 11) is 0. The molecule has 2 aromatic carbocycles. The predicted octanol–water partition coefficient (Wildman–Crippen LogP) is 4.84. The summed E-state index contributed by atoms with van der Waals surface area (Å²) in [5, 5.41) is 6.18. The zero-order valence-corrected chi connectivity index (χ0v) is 15.6. The van der Waals surface area contributed by atoms with Crippen molar-refractivity contribution in [3.05, 3.63) is 53.1 Å². The first-order chi connectivity index (χ1) is 12.0. The number of benzene rings is 2. The molecule has 4 nitrogen and oxygen atoms in total. The molecule has 0 unspecified atom stereocenters. The van der Waals surface area contributed by atoms with E-state index in [-0.39, 0.29) is 12.5 Å². The summed E-state index contributed by atoms with van der Waals surface area (Å²) in [5.41, 5.74) is 5.25. The number of hydrogen-bond acceptors (Lipinski definition) is 3. The van der Waals surface area contributed by atoms with Gasteiger partial charge in [-0.1, -0.05) is 43.2 Å². The molecular weight excluding hydrogens is 312 g/mol. The lowest BCUT2D eigenvalue weighted by Gasteiger charge is -2.15. The fourth-order valence-electron chi connectivity index (χ4n) is 2.84. The standard InChI is InChI=1S/C21H28N2O2/c1-5-6-11-25-19-10-8-7-9-18(19)23-20(24)14-22-21-16(3)12-15(2)13-17(21)4/h7-10,12-13,22H,5-6,11,14H2,1-4H3,(H,23,24). The van der Waals surface area contributed by atoms with Crippen LogP contribution in [0, 0.1) is 20.8 Å². The van der Waals surface area contributed by atoms with E-state index in [1.54, 1.807) is 0 Å². The molecule has 0 aliphatic heterocycles. The minimum Gasteiger partial charge on any atom is -0.491 e. The van der Waals surface area contributed by atoms with Gasteiger partial charge in [-0.2, -0.15) is 0 Å². The molecule has 0 atom stereocenters. The minimum absolute atomic E-state index is 0.0917. The minimum atomic E-state index is -0.0917. The summed E-state index contributed by atoms with van der Waals surface area (Å²) >= 11 is 0. The van der Waals surface area contributed by atoms with Crippen LogP contribution in [0.3, 0.4) is 0 Å². The lowest BCUT2D eigenvalue weighted by molar-refractivity contribution is -0.114. The van der Waals surface area contributed by atoms with E-state index in [1.807, 2.05) is 24.3 Å². The molecule has 0 bridgehead atoms. The van der Waals surface area contributed by atoms with Gasteiger partial charge in [0, 0.05) is 5.69 Å². The molecule has 0 heterocycles. The third-order valence-corrected chi connectivity index (χ3v) is 4.02. The van der Waals surface area contributed by atoms with Crippen LogP contribution in [-0.4, -0.2) is 19.1 Å². The second-order valence-electron chi connectivity index (χ2n) is 6.37. The molecule has 0 saturated heterocycles. The third kappa shape index (κ3) is 5.52. The van der Waals surface area contributed by atoms with Crippen molar-refractivity contribution < 1.29 is 9.53 Å². The van der Waals surface area contributed by atoms with Crippen molar-refractivity contribution in [2.75, 3.05) is 23.8 Å². The number of unbranched alkanes of at least 4 members (excludes halogenated alkanes) is 1. The van der Waals surface area contributed by atoms with Crippen LogP contribution in [0.5, 0.6) is 5.75 Å². The Labute approximate surface area is 150 Å². The van der Waals surface area contributed by atoms with Gasteiger partial charge in [0.1, 0.15) is 5.75 Å². The molecule has 25 heavy (non-hydrogen) atoms. The van der Waals surface area contributed by atoms with Crippen LogP contribution in [0.4, 0.5) is 11.4 Å². The third-order valence-electron chi connectivity index (χ3n) is 4.02. The molecular formula is C21H28N2O2. The SMILES string of the molecule is CCCCOc1ccccc1NC(=O)CNc1c(C)cc(C)cc1C. The number of rotatable bonds is 8. The number of hydrogen-bond donors (Lipinski definition) is 2. The van der Waals surface area contributed by atoms with Gasteiger partial charge >= 0.3 is 0 Å². The van der Waals surface area contributed by atoms with Crippen LogP contribution in [0.2, 0.25) is 0 Å². The summed E-state index contributed by atoms with van der Waals surface area (Å²) in [5.74, 6) is 0.623. The van der Waals surface area contributed by atoms with Gasteiger partial charge < -0.3 is 15.4 Å². The first-order valence-electron chi connectivity index (χ1n) is 8.84. The smallest absolute Gasteiger partial charge is 0.243 e. The van der Waals surface area contributed by atoms with Gasteiger partial charge in [-0.25, -0.2) is 0 Å². The highest BCUT2D eigenvalue weighted by Crippen LogP contribution is 2.24. The van der Waals surface area contributed by atoms with E-state index in [4.69, 9.17) is 4.74 Å². The largest absolute Gasteiger partial charge is 0.491 e. The van der Waals surface area contributed by atoms with E-state index in [0.29, 0.717) is 18.0 Å². The summed E-state index contributed by atoms with van der Waals surface area (Å²) in [6.07, 6.45) is 2.07. The molecule has 1 amide bonds. The van der Waals surface area contributed by atoms with E-state index in [0.717, 1.165) is 29.7 Å². The number of aryl methyl sites for hydroxylation is 3. The Morgan fingerprint density at radius 3 is 2.44 bits per heavy atom. The van der Waals surface area contributed by atoms with Gasteiger partial charge in [-0.3, -0.25) is 4.79 Å². The van der Waals surface area contributed by atoms with Crippen LogP contribution >= 0.6 is 0 Å². The van der Waals surface area contributed by atoms with Crippen molar-refractivity contribution in [2.24, 2.45) is 0 Å². The Hall–Kier alpha value is -2.49. The van der Waals surface area contributed by atoms with E-state index in [9.17, 15) is 4.79 Å². The highest BCUT2D eigenvalue weighted by atomic mass is 16.5. The van der Waals surface area contributed by atoms with Gasteiger partial charge in [-0.15, -0.1) is 0 Å². The molecule has 134 valence electrons. The van der Waals surface area contributed by atoms with Crippen molar-refractivity contribution in [1.82, 2.24) is 0 Å². The number of para-hydroxylation sites is 2. The monoisotopic (exact) mass is 340 g/mol. The average Bonchev–Trinajstić information content (AvgIpc) is 2.55. The van der Waals surface area contributed by atoms with Gasteiger partial charge in [-0.05, 0) is 50.5 Å². The highest BCUT2D eigenvalue weighted by Gasteiger charge is 2.09. The van der Waals surface area contributed by atoms with Crippen LogP contribution < -0.4 is 15.4 Å². The molecule has 0 radical (unpaired) electrons. The van der Waals surface area contributed by atoms with Crippen LogP contribution in [0.25, 0.3) is 0 Å². The molecule has 0 spiro atoms. The van der Waals surface area contributed by atoms with Crippen molar-refractivity contribution in [2.45, 2.75) is 40.5 Å². The number of carbonyl (C=O) groups excluding carboxylic acids is 1. The number of nitrogens with one attached hydrogen (secondary N) is 2. The fraction of sp³-hybridized carbons (Fsp3) is 0.381. The summed E-state index contributed by atoms with van der Waals surface area (Å²) in [6, 6.07) is 11.8. The second-order valence-corrected chi connectivity index (χ2v) is 6.37. The van der Waals surface area contributed by atoms with E-state index >= 15 is 0 Å². The zero-order valence-electron chi connectivity index (χ0n) is 15.6. The normalized spacial score (nSPS) is 10.4. The van der Waals surface area contributed by atoms with E-state index in [1.165, 1.54) is 5.56 Å². The van der Waals surface area contributed by atoms with Crippen molar-refractivity contribution >= 4 is 17.3 Å². The number of carbonyl (C=O) groups is 1. The predicted molar refractivity (Wildman–Crippen MR) is 105 cm³/mol. The average molecular weight is 340 g/mol. The fourth-order valence-corrected chi connectivity index (χ4v) is 2.84.